The number of nitrogens with zero attached hydrogens (tertiary/aromatic N) is 1. The van der Waals surface area contributed by atoms with Gasteiger partial charge in [0.25, 0.3) is 0 Å². The molecule has 2 aromatic carbocycles. The Morgan fingerprint density at radius 1 is 0.900 bits per heavy atom. The number of hydrogen-bond acceptors (Lipinski definition) is 4. The van der Waals surface area contributed by atoms with Crippen molar-refractivity contribution in [1.29, 1.82) is 0 Å². The van der Waals surface area contributed by atoms with Crippen LogP contribution in [0.1, 0.15) is 43.2 Å². The van der Waals surface area contributed by atoms with Crippen LogP contribution >= 0.6 is 0 Å². The zero-order valence-electron chi connectivity index (χ0n) is 18.0. The van der Waals surface area contributed by atoms with Gasteiger partial charge in [-0.3, -0.25) is 4.98 Å². The highest BCUT2D eigenvalue weighted by molar-refractivity contribution is 5.74. The maximum absolute atomic E-state index is 12.4. The molecule has 0 unspecified atom stereocenters. The molecular formula is C26H29NO3. The molecule has 0 amide bonds. The molecule has 0 spiro atoms. The zero-order valence-corrected chi connectivity index (χ0v) is 18.0. The number of rotatable bonds is 8. The third-order valence-corrected chi connectivity index (χ3v) is 5.01. The highest BCUT2D eigenvalue weighted by Crippen LogP contribution is 2.31. The SMILES string of the molecule is COC(=O)[C@H](CC(C)C)O[C@H](c1ccccc1)c1ccc(-c2ccc(C)nc2)cc1. The van der Waals surface area contributed by atoms with E-state index in [0.717, 1.165) is 27.9 Å². The van der Waals surface area contributed by atoms with Gasteiger partial charge in [0.15, 0.2) is 6.10 Å². The van der Waals surface area contributed by atoms with Crippen LogP contribution in [-0.2, 0) is 14.3 Å². The normalized spacial score (nSPS) is 13.1. The second-order valence-electron chi connectivity index (χ2n) is 7.88. The van der Waals surface area contributed by atoms with Crippen molar-refractivity contribution in [3.8, 4) is 11.1 Å². The van der Waals surface area contributed by atoms with Crippen molar-refractivity contribution in [1.82, 2.24) is 4.98 Å². The number of methoxy groups -OCH3 is 1. The van der Waals surface area contributed by atoms with Gasteiger partial charge in [-0.25, -0.2) is 4.79 Å². The number of carbonyl (C=O) groups excluding carboxylic acids is 1. The van der Waals surface area contributed by atoms with Crippen LogP contribution in [0.3, 0.4) is 0 Å². The largest absolute Gasteiger partial charge is 0.467 e. The smallest absolute Gasteiger partial charge is 0.335 e. The maximum atomic E-state index is 12.4. The summed E-state index contributed by atoms with van der Waals surface area (Å²) in [5, 5.41) is 0. The van der Waals surface area contributed by atoms with E-state index in [4.69, 9.17) is 9.47 Å². The summed E-state index contributed by atoms with van der Waals surface area (Å²) in [5.74, 6) is -0.0334. The van der Waals surface area contributed by atoms with Crippen molar-refractivity contribution in [3.63, 3.8) is 0 Å². The number of aryl methyl sites for hydroxylation is 1. The molecule has 0 aliphatic carbocycles. The quantitative estimate of drug-likeness (QED) is 0.449. The lowest BCUT2D eigenvalue weighted by molar-refractivity contribution is -0.158. The number of ether oxygens (including phenoxy) is 2. The van der Waals surface area contributed by atoms with Gasteiger partial charge in [-0.2, -0.15) is 0 Å². The Kier molecular flexibility index (Phi) is 7.36. The first-order valence-electron chi connectivity index (χ1n) is 10.3. The van der Waals surface area contributed by atoms with Crippen LogP contribution in [-0.4, -0.2) is 24.2 Å². The van der Waals surface area contributed by atoms with E-state index >= 15 is 0 Å². The Bertz CT molecular complexity index is 934. The predicted molar refractivity (Wildman–Crippen MR) is 119 cm³/mol. The Labute approximate surface area is 178 Å². The summed E-state index contributed by atoms with van der Waals surface area (Å²) in [4.78, 5) is 16.7. The van der Waals surface area contributed by atoms with Crippen LogP contribution in [0.5, 0.6) is 0 Å². The van der Waals surface area contributed by atoms with Crippen molar-refractivity contribution >= 4 is 5.97 Å². The summed E-state index contributed by atoms with van der Waals surface area (Å²) in [7, 11) is 1.40. The average Bonchev–Trinajstić information content (AvgIpc) is 2.77. The van der Waals surface area contributed by atoms with Crippen molar-refractivity contribution in [3.05, 3.63) is 89.7 Å². The zero-order chi connectivity index (χ0) is 21.5. The molecule has 2 atom stereocenters. The molecule has 4 heteroatoms. The van der Waals surface area contributed by atoms with Crippen LogP contribution < -0.4 is 0 Å². The van der Waals surface area contributed by atoms with E-state index in [1.54, 1.807) is 0 Å². The van der Waals surface area contributed by atoms with Crippen LogP contribution in [0.25, 0.3) is 11.1 Å². The maximum Gasteiger partial charge on any atom is 0.335 e. The Balaban J connectivity index is 1.92. The monoisotopic (exact) mass is 403 g/mol. The van der Waals surface area contributed by atoms with Gasteiger partial charge in [-0.05, 0) is 42.0 Å². The van der Waals surface area contributed by atoms with Crippen molar-refractivity contribution < 1.29 is 14.3 Å². The first-order chi connectivity index (χ1) is 14.5. The van der Waals surface area contributed by atoms with E-state index in [1.165, 1.54) is 7.11 Å². The fraction of sp³-hybridized carbons (Fsp3) is 0.308. The lowest BCUT2D eigenvalue weighted by Gasteiger charge is -2.25. The molecule has 0 N–H and O–H groups in total. The third kappa shape index (κ3) is 5.55. The first-order valence-corrected chi connectivity index (χ1v) is 10.3. The van der Waals surface area contributed by atoms with E-state index < -0.39 is 6.10 Å². The summed E-state index contributed by atoms with van der Waals surface area (Å²) in [5.41, 5.74) is 5.14. The summed E-state index contributed by atoms with van der Waals surface area (Å²) < 4.78 is 11.4. The molecule has 30 heavy (non-hydrogen) atoms. The minimum Gasteiger partial charge on any atom is -0.467 e. The lowest BCUT2D eigenvalue weighted by Crippen LogP contribution is -2.29. The van der Waals surface area contributed by atoms with Crippen molar-refractivity contribution in [2.45, 2.75) is 39.4 Å². The number of esters is 1. The van der Waals surface area contributed by atoms with Crippen LogP contribution in [0.15, 0.2) is 72.9 Å². The summed E-state index contributed by atoms with van der Waals surface area (Å²) in [6, 6.07) is 22.3. The first kappa shape index (κ1) is 21.7. The summed E-state index contributed by atoms with van der Waals surface area (Å²) in [6.07, 6.45) is 1.50. The van der Waals surface area contributed by atoms with Crippen molar-refractivity contribution in [2.75, 3.05) is 7.11 Å². The molecule has 0 aliphatic heterocycles. The number of aromatic nitrogens is 1. The number of carbonyl (C=O) groups is 1. The molecule has 4 nitrogen and oxygen atoms in total. The average molecular weight is 404 g/mol. The van der Waals surface area contributed by atoms with E-state index in [1.807, 2.05) is 49.5 Å². The van der Waals surface area contributed by atoms with Crippen LogP contribution in [0.2, 0.25) is 0 Å². The molecule has 1 heterocycles. The summed E-state index contributed by atoms with van der Waals surface area (Å²) in [6.45, 7) is 6.12. The van der Waals surface area contributed by atoms with Gasteiger partial charge in [-0.1, -0.05) is 74.5 Å². The minimum absolute atomic E-state index is 0.307. The van der Waals surface area contributed by atoms with Gasteiger partial charge in [0.2, 0.25) is 0 Å². The molecule has 156 valence electrons. The van der Waals surface area contributed by atoms with Gasteiger partial charge in [0.1, 0.15) is 6.10 Å². The molecule has 0 fully saturated rings. The topological polar surface area (TPSA) is 48.4 Å². The van der Waals surface area contributed by atoms with E-state index in [9.17, 15) is 4.79 Å². The molecule has 3 rings (SSSR count). The van der Waals surface area contributed by atoms with Gasteiger partial charge in [0, 0.05) is 17.5 Å². The van der Waals surface area contributed by atoms with Gasteiger partial charge in [0.05, 0.1) is 7.11 Å². The molecule has 1 aromatic heterocycles. The lowest BCUT2D eigenvalue weighted by atomic mass is 9.97. The minimum atomic E-state index is -0.624. The van der Waals surface area contributed by atoms with Gasteiger partial charge < -0.3 is 9.47 Å². The second-order valence-corrected chi connectivity index (χ2v) is 7.88. The standard InChI is InChI=1S/C26H29NO3/c1-18(2)16-24(26(28)29-4)30-25(21-8-6-5-7-9-21)22-14-12-20(13-15-22)23-11-10-19(3)27-17-23/h5-15,17-18,24-25H,16H2,1-4H3/t24-,25+/m0/s1. The molecule has 0 aliphatic rings. The predicted octanol–water partition coefficient (Wildman–Crippen LogP) is 5.75. The molecule has 0 radical (unpaired) electrons. The van der Waals surface area contributed by atoms with Gasteiger partial charge >= 0.3 is 5.97 Å². The number of benzene rings is 2. The van der Waals surface area contributed by atoms with Crippen molar-refractivity contribution in [2.24, 2.45) is 5.92 Å². The number of hydrogen-bond donors (Lipinski definition) is 0. The fourth-order valence-electron chi connectivity index (χ4n) is 3.40. The highest BCUT2D eigenvalue weighted by Gasteiger charge is 2.27. The Hall–Kier alpha value is -2.98. The fourth-order valence-corrected chi connectivity index (χ4v) is 3.40. The van der Waals surface area contributed by atoms with E-state index in [-0.39, 0.29) is 12.1 Å². The molecular weight excluding hydrogens is 374 g/mol. The second kappa shape index (κ2) is 10.2. The van der Waals surface area contributed by atoms with Gasteiger partial charge in [-0.15, -0.1) is 0 Å². The molecule has 0 saturated heterocycles. The third-order valence-electron chi connectivity index (χ3n) is 5.01. The highest BCUT2D eigenvalue weighted by atomic mass is 16.6. The Morgan fingerprint density at radius 2 is 1.53 bits per heavy atom. The number of pyridine rings is 1. The van der Waals surface area contributed by atoms with E-state index in [2.05, 4.69) is 49.2 Å². The molecule has 3 aromatic rings. The summed E-state index contributed by atoms with van der Waals surface area (Å²) >= 11 is 0. The molecule has 0 bridgehead atoms. The molecule has 0 saturated carbocycles. The van der Waals surface area contributed by atoms with Crippen LogP contribution in [0.4, 0.5) is 0 Å². The van der Waals surface area contributed by atoms with Crippen LogP contribution in [0, 0.1) is 12.8 Å². The Morgan fingerprint density at radius 3 is 2.10 bits per heavy atom. The van der Waals surface area contributed by atoms with E-state index in [0.29, 0.717) is 12.3 Å².